The lowest BCUT2D eigenvalue weighted by Crippen LogP contribution is -2.22. The summed E-state index contributed by atoms with van der Waals surface area (Å²) in [6.45, 7) is 0. The van der Waals surface area contributed by atoms with Gasteiger partial charge in [-0.25, -0.2) is 9.78 Å². The van der Waals surface area contributed by atoms with Gasteiger partial charge in [-0.2, -0.15) is 14.6 Å². The fourth-order valence-corrected chi connectivity index (χ4v) is 2.79. The number of aromatic nitrogens is 7. The van der Waals surface area contributed by atoms with Gasteiger partial charge in [0.25, 0.3) is 0 Å². The zero-order chi connectivity index (χ0) is 19.1. The third kappa shape index (κ3) is 3.34. The highest BCUT2D eigenvalue weighted by molar-refractivity contribution is 6.00. The molecule has 2 N–H and O–H groups in total. The van der Waals surface area contributed by atoms with E-state index in [1.54, 1.807) is 60.8 Å². The molecule has 0 saturated heterocycles. The Morgan fingerprint density at radius 3 is 2.69 bits per heavy atom. The van der Waals surface area contributed by atoms with Crippen LogP contribution >= 0.6 is 12.4 Å². The lowest BCUT2D eigenvalue weighted by Gasteiger charge is -2.07. The smallest absolute Gasteiger partial charge is 0.326 e. The molecule has 0 atom stereocenters. The maximum atomic E-state index is 12.4. The van der Waals surface area contributed by atoms with E-state index in [2.05, 4.69) is 35.8 Å². The second-order valence-corrected chi connectivity index (χ2v) is 5.94. The second kappa shape index (κ2) is 7.20. The van der Waals surface area contributed by atoms with E-state index in [9.17, 15) is 4.79 Å². The number of rotatable bonds is 3. The Labute approximate surface area is 169 Å². The van der Waals surface area contributed by atoms with E-state index < -0.39 is 6.03 Å². The first-order valence-electron chi connectivity index (χ1n) is 8.29. The molecule has 29 heavy (non-hydrogen) atoms. The van der Waals surface area contributed by atoms with Crippen molar-refractivity contribution in [1.82, 2.24) is 34.3 Å². The number of nitrogens with one attached hydrogen (secondary N) is 2. The molecule has 5 rings (SSSR count). The van der Waals surface area contributed by atoms with Crippen molar-refractivity contribution >= 4 is 46.8 Å². The van der Waals surface area contributed by atoms with Crippen LogP contribution in [0.25, 0.3) is 28.3 Å². The molecule has 0 aliphatic carbocycles. The first kappa shape index (κ1) is 18.4. The van der Waals surface area contributed by atoms with E-state index in [0.717, 1.165) is 0 Å². The number of nitrogens with zero attached hydrogens (tertiary/aromatic N) is 7. The number of pyridine rings is 1. The Morgan fingerprint density at radius 1 is 1.10 bits per heavy atom. The van der Waals surface area contributed by atoms with E-state index in [1.165, 1.54) is 4.52 Å². The topological polar surface area (TPSA) is 128 Å². The van der Waals surface area contributed by atoms with E-state index in [0.29, 0.717) is 34.0 Å². The molecule has 0 radical (unpaired) electrons. The summed E-state index contributed by atoms with van der Waals surface area (Å²) in [5, 5.41) is 14.8. The summed E-state index contributed by atoms with van der Waals surface area (Å²) in [6, 6.07) is 6.38. The molecule has 11 nitrogen and oxygen atoms in total. The molecular formula is C17H14ClN9O2. The van der Waals surface area contributed by atoms with Gasteiger partial charge in [0.2, 0.25) is 11.8 Å². The van der Waals surface area contributed by atoms with E-state index in [-0.39, 0.29) is 18.4 Å². The van der Waals surface area contributed by atoms with E-state index >= 15 is 0 Å². The molecule has 2 amide bonds. The summed E-state index contributed by atoms with van der Waals surface area (Å²) >= 11 is 0. The predicted molar refractivity (Wildman–Crippen MR) is 107 cm³/mol. The Morgan fingerprint density at radius 2 is 1.93 bits per heavy atom. The summed E-state index contributed by atoms with van der Waals surface area (Å²) < 4.78 is 8.46. The number of carbonyl (C=O) groups is 1. The minimum absolute atomic E-state index is 0. The Balaban J connectivity index is 0.00000205. The van der Waals surface area contributed by atoms with Crippen LogP contribution in [0.4, 0.5) is 16.4 Å². The Hall–Kier alpha value is -3.99. The zero-order valence-corrected chi connectivity index (χ0v) is 15.8. The summed E-state index contributed by atoms with van der Waals surface area (Å²) in [5.74, 6) is 1.06. The van der Waals surface area contributed by atoms with Gasteiger partial charge < -0.3 is 9.73 Å². The third-order valence-electron chi connectivity index (χ3n) is 3.97. The highest BCUT2D eigenvalue weighted by Crippen LogP contribution is 2.23. The molecule has 5 heterocycles. The fourth-order valence-electron chi connectivity index (χ4n) is 2.79. The summed E-state index contributed by atoms with van der Waals surface area (Å²) in [7, 11) is 1.78. The average Bonchev–Trinajstić information content (AvgIpc) is 3.40. The normalized spacial score (nSPS) is 10.8. The summed E-state index contributed by atoms with van der Waals surface area (Å²) in [6.07, 6.45) is 6.50. The molecule has 0 aromatic carbocycles. The van der Waals surface area contributed by atoms with Crippen LogP contribution in [0.1, 0.15) is 0 Å². The third-order valence-corrected chi connectivity index (χ3v) is 3.97. The zero-order valence-electron chi connectivity index (χ0n) is 15.0. The van der Waals surface area contributed by atoms with Crippen molar-refractivity contribution in [2.45, 2.75) is 0 Å². The molecule has 146 valence electrons. The molecule has 0 aliphatic heterocycles. The minimum atomic E-state index is -0.481. The first-order valence-corrected chi connectivity index (χ1v) is 8.29. The quantitative estimate of drug-likeness (QED) is 0.467. The number of anilines is 2. The van der Waals surface area contributed by atoms with Crippen LogP contribution < -0.4 is 10.6 Å². The van der Waals surface area contributed by atoms with Crippen molar-refractivity contribution in [2.75, 3.05) is 10.6 Å². The maximum absolute atomic E-state index is 12.4. The van der Waals surface area contributed by atoms with Crippen molar-refractivity contribution in [3.8, 4) is 11.6 Å². The van der Waals surface area contributed by atoms with Crippen molar-refractivity contribution in [1.29, 1.82) is 0 Å². The number of urea groups is 1. The molecular weight excluding hydrogens is 398 g/mol. The van der Waals surface area contributed by atoms with Crippen LogP contribution in [0, 0.1) is 0 Å². The monoisotopic (exact) mass is 411 g/mol. The van der Waals surface area contributed by atoms with Crippen LogP contribution in [0.2, 0.25) is 0 Å². The van der Waals surface area contributed by atoms with Gasteiger partial charge in [-0.3, -0.25) is 15.0 Å². The number of aryl methyl sites for hydroxylation is 1. The van der Waals surface area contributed by atoms with Gasteiger partial charge in [-0.1, -0.05) is 0 Å². The van der Waals surface area contributed by atoms with Gasteiger partial charge in [-0.15, -0.1) is 17.5 Å². The van der Waals surface area contributed by atoms with Gasteiger partial charge in [0.1, 0.15) is 0 Å². The van der Waals surface area contributed by atoms with Gasteiger partial charge in [0.05, 0.1) is 11.6 Å². The first-order chi connectivity index (χ1) is 13.7. The van der Waals surface area contributed by atoms with Gasteiger partial charge in [0, 0.05) is 31.3 Å². The SMILES string of the molecule is Cl.Cn1cc2c(nc(NC(=O)Nc3ccncc3)n3nc(-c4ccco4)nc23)n1. The van der Waals surface area contributed by atoms with Gasteiger partial charge in [0.15, 0.2) is 17.1 Å². The Bertz CT molecular complexity index is 1300. The molecule has 0 unspecified atom stereocenters. The number of hydrogen-bond acceptors (Lipinski definition) is 7. The lowest BCUT2D eigenvalue weighted by atomic mass is 10.4. The molecule has 0 aliphatic rings. The number of furan rings is 1. The van der Waals surface area contributed by atoms with Crippen molar-refractivity contribution in [3.63, 3.8) is 0 Å². The number of fused-ring (bicyclic) bond motifs is 3. The molecule has 5 aromatic rings. The summed E-state index contributed by atoms with van der Waals surface area (Å²) in [5.41, 5.74) is 1.54. The van der Waals surface area contributed by atoms with Crippen LogP contribution in [0.5, 0.6) is 0 Å². The fraction of sp³-hybridized carbons (Fsp3) is 0.0588. The molecule has 0 saturated carbocycles. The van der Waals surface area contributed by atoms with E-state index in [1.807, 2.05) is 0 Å². The van der Waals surface area contributed by atoms with Crippen LogP contribution in [-0.2, 0) is 7.05 Å². The minimum Gasteiger partial charge on any atom is -0.461 e. The molecule has 5 aromatic heterocycles. The van der Waals surface area contributed by atoms with Gasteiger partial charge >= 0.3 is 6.03 Å². The van der Waals surface area contributed by atoms with Crippen molar-refractivity contribution < 1.29 is 9.21 Å². The largest absolute Gasteiger partial charge is 0.461 e. The van der Waals surface area contributed by atoms with Crippen LogP contribution in [-0.4, -0.2) is 40.4 Å². The summed E-state index contributed by atoms with van der Waals surface area (Å²) in [4.78, 5) is 25.3. The van der Waals surface area contributed by atoms with Gasteiger partial charge in [-0.05, 0) is 24.3 Å². The number of carbonyl (C=O) groups excluding carboxylic acids is 1. The molecule has 0 fully saturated rings. The molecule has 12 heteroatoms. The van der Waals surface area contributed by atoms with E-state index in [4.69, 9.17) is 4.42 Å². The molecule has 0 spiro atoms. The highest BCUT2D eigenvalue weighted by Gasteiger charge is 2.19. The van der Waals surface area contributed by atoms with Crippen molar-refractivity contribution in [2.24, 2.45) is 7.05 Å². The van der Waals surface area contributed by atoms with Crippen molar-refractivity contribution in [3.05, 3.63) is 49.1 Å². The van der Waals surface area contributed by atoms with Crippen LogP contribution in [0.15, 0.2) is 53.5 Å². The molecule has 0 bridgehead atoms. The standard InChI is InChI=1S/C17H13N9O2.ClH/c1-25-9-11-13(23-25)21-16(22-17(27)19-10-4-6-18-7-5-10)26-15(11)20-14(24-26)12-3-2-8-28-12;/h2-9H,1H3,(H2,18,19,21,22,23,27);1H. The number of amides is 2. The van der Waals surface area contributed by atoms with Crippen LogP contribution in [0.3, 0.4) is 0 Å². The second-order valence-electron chi connectivity index (χ2n) is 5.94. The average molecular weight is 412 g/mol. The lowest BCUT2D eigenvalue weighted by molar-refractivity contribution is 0.262. The highest BCUT2D eigenvalue weighted by atomic mass is 35.5. The Kier molecular flexibility index (Phi) is 4.56. The predicted octanol–water partition coefficient (Wildman–Crippen LogP) is 2.73. The number of hydrogen-bond donors (Lipinski definition) is 2. The number of halogens is 1. The maximum Gasteiger partial charge on any atom is 0.326 e.